The van der Waals surface area contributed by atoms with Gasteiger partial charge in [-0.3, -0.25) is 10.1 Å². The molecule has 6 heteroatoms. The molecule has 0 radical (unpaired) electrons. The van der Waals surface area contributed by atoms with Crippen LogP contribution in [0.5, 0.6) is 11.5 Å². The standard InChI is InChI=1S/C21H27NO5/c1-3-27-21(26)19(20(25)16-11-12-17(23)18(24)13-16)22-14(2)9-10-15-7-5-4-6-8-15/h4-8,11-14,19-20,22-25H,3,9-10H2,1-2H3/t14?,19-,20?/m0/s1. The fraction of sp³-hybridized carbons (Fsp3) is 0.381. The van der Waals surface area contributed by atoms with E-state index in [0.717, 1.165) is 12.8 Å². The Labute approximate surface area is 159 Å². The Hall–Kier alpha value is -2.57. The third-order valence-corrected chi connectivity index (χ3v) is 4.37. The van der Waals surface area contributed by atoms with Crippen molar-refractivity contribution in [2.75, 3.05) is 6.61 Å². The number of hydrogen-bond donors (Lipinski definition) is 4. The number of aliphatic hydroxyl groups is 1. The summed E-state index contributed by atoms with van der Waals surface area (Å²) in [6.45, 7) is 3.84. The molecule has 0 fully saturated rings. The fourth-order valence-corrected chi connectivity index (χ4v) is 2.85. The lowest BCUT2D eigenvalue weighted by atomic mass is 9.99. The van der Waals surface area contributed by atoms with Gasteiger partial charge in [0.1, 0.15) is 12.1 Å². The number of aryl methyl sites for hydroxylation is 1. The van der Waals surface area contributed by atoms with Gasteiger partial charge in [0.15, 0.2) is 11.5 Å². The highest BCUT2D eigenvalue weighted by atomic mass is 16.5. The molecule has 0 amide bonds. The van der Waals surface area contributed by atoms with Crippen LogP contribution in [0.3, 0.4) is 0 Å². The van der Waals surface area contributed by atoms with Crippen LogP contribution in [0.25, 0.3) is 0 Å². The number of aromatic hydroxyl groups is 2. The first-order valence-electron chi connectivity index (χ1n) is 9.09. The number of phenolic OH excluding ortho intramolecular Hbond substituents is 2. The third kappa shape index (κ3) is 5.98. The van der Waals surface area contributed by atoms with Crippen LogP contribution in [0.4, 0.5) is 0 Å². The molecule has 0 aromatic heterocycles. The maximum atomic E-state index is 12.4. The van der Waals surface area contributed by atoms with Gasteiger partial charge < -0.3 is 20.1 Å². The van der Waals surface area contributed by atoms with E-state index in [9.17, 15) is 20.1 Å². The van der Waals surface area contributed by atoms with Crippen LogP contribution in [-0.2, 0) is 16.0 Å². The first-order chi connectivity index (χ1) is 12.9. The number of rotatable bonds is 9. The van der Waals surface area contributed by atoms with Gasteiger partial charge in [0, 0.05) is 6.04 Å². The highest BCUT2D eigenvalue weighted by Crippen LogP contribution is 2.29. The first-order valence-corrected chi connectivity index (χ1v) is 9.09. The minimum Gasteiger partial charge on any atom is -0.504 e. The van der Waals surface area contributed by atoms with Crippen LogP contribution in [0.2, 0.25) is 0 Å². The third-order valence-electron chi connectivity index (χ3n) is 4.37. The number of hydrogen-bond acceptors (Lipinski definition) is 6. The Morgan fingerprint density at radius 1 is 1.11 bits per heavy atom. The summed E-state index contributed by atoms with van der Waals surface area (Å²) in [6.07, 6.45) is 0.378. The Bertz CT molecular complexity index is 735. The molecule has 2 rings (SSSR count). The van der Waals surface area contributed by atoms with Crippen molar-refractivity contribution in [2.45, 2.75) is 44.9 Å². The normalized spacial score (nSPS) is 14.3. The summed E-state index contributed by atoms with van der Waals surface area (Å²) in [5.41, 5.74) is 1.51. The van der Waals surface area contributed by atoms with Gasteiger partial charge in [0.05, 0.1) is 6.61 Å². The second-order valence-corrected chi connectivity index (χ2v) is 6.51. The average Bonchev–Trinajstić information content (AvgIpc) is 2.67. The van der Waals surface area contributed by atoms with Crippen LogP contribution in [-0.4, -0.2) is 40.0 Å². The summed E-state index contributed by atoms with van der Waals surface area (Å²) in [6, 6.07) is 12.9. The van der Waals surface area contributed by atoms with Gasteiger partial charge in [-0.05, 0) is 49.9 Å². The van der Waals surface area contributed by atoms with E-state index >= 15 is 0 Å². The molecule has 0 saturated carbocycles. The number of ether oxygens (including phenoxy) is 1. The van der Waals surface area contributed by atoms with Gasteiger partial charge in [-0.15, -0.1) is 0 Å². The average molecular weight is 373 g/mol. The van der Waals surface area contributed by atoms with Gasteiger partial charge in [0.2, 0.25) is 0 Å². The summed E-state index contributed by atoms with van der Waals surface area (Å²) >= 11 is 0. The molecule has 4 N–H and O–H groups in total. The van der Waals surface area contributed by atoms with Gasteiger partial charge in [-0.2, -0.15) is 0 Å². The lowest BCUT2D eigenvalue weighted by Crippen LogP contribution is -2.47. The second kappa shape index (κ2) is 9.94. The molecule has 0 aliphatic carbocycles. The molecular formula is C21H27NO5. The van der Waals surface area contributed by atoms with Crippen molar-refractivity contribution in [1.82, 2.24) is 5.32 Å². The van der Waals surface area contributed by atoms with Crippen molar-refractivity contribution >= 4 is 5.97 Å². The largest absolute Gasteiger partial charge is 0.504 e. The predicted molar refractivity (Wildman–Crippen MR) is 103 cm³/mol. The number of nitrogens with one attached hydrogen (secondary N) is 1. The predicted octanol–water partition coefficient (Wildman–Crippen LogP) is 2.67. The van der Waals surface area contributed by atoms with Crippen molar-refractivity contribution < 1.29 is 24.9 Å². The van der Waals surface area contributed by atoms with E-state index < -0.39 is 18.1 Å². The zero-order valence-corrected chi connectivity index (χ0v) is 15.6. The lowest BCUT2D eigenvalue weighted by Gasteiger charge is -2.26. The minimum absolute atomic E-state index is 0.0556. The van der Waals surface area contributed by atoms with Gasteiger partial charge in [-0.25, -0.2) is 0 Å². The summed E-state index contributed by atoms with van der Waals surface area (Å²) < 4.78 is 5.09. The molecular weight excluding hydrogens is 346 g/mol. The molecule has 146 valence electrons. The quantitative estimate of drug-likeness (QED) is 0.398. The summed E-state index contributed by atoms with van der Waals surface area (Å²) in [5.74, 6) is -1.21. The van der Waals surface area contributed by atoms with E-state index in [1.54, 1.807) is 6.92 Å². The monoisotopic (exact) mass is 373 g/mol. The lowest BCUT2D eigenvalue weighted by molar-refractivity contribution is -0.149. The van der Waals surface area contributed by atoms with Crippen LogP contribution in [0, 0.1) is 0 Å². The van der Waals surface area contributed by atoms with Crippen molar-refractivity contribution in [3.05, 3.63) is 59.7 Å². The zero-order valence-electron chi connectivity index (χ0n) is 15.6. The number of carbonyl (C=O) groups excluding carboxylic acids is 1. The molecule has 0 aliphatic rings. The number of aliphatic hydroxyl groups excluding tert-OH is 1. The molecule has 0 heterocycles. The van der Waals surface area contributed by atoms with Gasteiger partial charge in [-0.1, -0.05) is 36.4 Å². The van der Waals surface area contributed by atoms with E-state index in [1.165, 1.54) is 23.8 Å². The van der Waals surface area contributed by atoms with E-state index in [-0.39, 0.29) is 24.1 Å². The Morgan fingerprint density at radius 2 is 1.81 bits per heavy atom. The zero-order chi connectivity index (χ0) is 19.8. The first kappa shape index (κ1) is 20.7. The molecule has 0 aliphatic heterocycles. The second-order valence-electron chi connectivity index (χ2n) is 6.51. The Balaban J connectivity index is 2.08. The minimum atomic E-state index is -1.23. The summed E-state index contributed by atoms with van der Waals surface area (Å²) in [5, 5.41) is 32.9. The van der Waals surface area contributed by atoms with E-state index in [0.29, 0.717) is 5.56 Å². The highest BCUT2D eigenvalue weighted by molar-refractivity contribution is 5.77. The Kier molecular flexibility index (Phi) is 7.64. The molecule has 2 aromatic rings. The number of carbonyl (C=O) groups is 1. The molecule has 2 unspecified atom stereocenters. The van der Waals surface area contributed by atoms with Crippen LogP contribution in [0.1, 0.15) is 37.5 Å². The Morgan fingerprint density at radius 3 is 2.44 bits per heavy atom. The van der Waals surface area contributed by atoms with E-state index in [1.807, 2.05) is 37.3 Å². The maximum Gasteiger partial charge on any atom is 0.326 e. The van der Waals surface area contributed by atoms with Crippen molar-refractivity contribution in [1.29, 1.82) is 0 Å². The molecule has 27 heavy (non-hydrogen) atoms. The number of phenols is 2. The smallest absolute Gasteiger partial charge is 0.326 e. The molecule has 6 nitrogen and oxygen atoms in total. The topological polar surface area (TPSA) is 99.0 Å². The van der Waals surface area contributed by atoms with Crippen LogP contribution >= 0.6 is 0 Å². The summed E-state index contributed by atoms with van der Waals surface area (Å²) in [4.78, 5) is 12.4. The van der Waals surface area contributed by atoms with Crippen molar-refractivity contribution in [3.63, 3.8) is 0 Å². The van der Waals surface area contributed by atoms with Crippen LogP contribution in [0.15, 0.2) is 48.5 Å². The molecule has 2 aromatic carbocycles. The highest BCUT2D eigenvalue weighted by Gasteiger charge is 2.31. The molecule has 3 atom stereocenters. The molecule has 0 bridgehead atoms. The summed E-state index contributed by atoms with van der Waals surface area (Å²) in [7, 11) is 0. The van der Waals surface area contributed by atoms with Crippen molar-refractivity contribution in [3.8, 4) is 11.5 Å². The van der Waals surface area contributed by atoms with E-state index in [2.05, 4.69) is 5.32 Å². The fourth-order valence-electron chi connectivity index (χ4n) is 2.85. The SMILES string of the molecule is CCOC(=O)[C@@H](NC(C)CCc1ccccc1)C(O)c1ccc(O)c(O)c1. The maximum absolute atomic E-state index is 12.4. The molecule has 0 saturated heterocycles. The van der Waals surface area contributed by atoms with Crippen molar-refractivity contribution in [2.24, 2.45) is 0 Å². The van der Waals surface area contributed by atoms with Gasteiger partial charge >= 0.3 is 5.97 Å². The molecule has 0 spiro atoms. The number of benzene rings is 2. The van der Waals surface area contributed by atoms with Gasteiger partial charge in [0.25, 0.3) is 0 Å². The van der Waals surface area contributed by atoms with Crippen LogP contribution < -0.4 is 5.32 Å². The number of esters is 1. The van der Waals surface area contributed by atoms with E-state index in [4.69, 9.17) is 4.74 Å².